The monoisotopic (exact) mass is 252 g/mol. The highest BCUT2D eigenvalue weighted by atomic mass is 16.3. The third-order valence-corrected chi connectivity index (χ3v) is 2.46. The number of amides is 2. The Balaban J connectivity index is 2.41. The molecule has 5 heteroatoms. The van der Waals surface area contributed by atoms with E-state index in [1.165, 1.54) is 0 Å². The fourth-order valence-electron chi connectivity index (χ4n) is 1.49. The molecule has 1 rings (SSSR count). The summed E-state index contributed by atoms with van der Waals surface area (Å²) < 4.78 is 5.33. The van der Waals surface area contributed by atoms with E-state index in [-0.39, 0.29) is 0 Å². The molecule has 1 aromatic heterocycles. The largest absolute Gasteiger partial charge is 0.466 e. The molecule has 2 amide bonds. The molecule has 18 heavy (non-hydrogen) atoms. The van der Waals surface area contributed by atoms with E-state index in [2.05, 4.69) is 10.6 Å². The molecule has 0 aromatic carbocycles. The number of carbonyl (C=O) groups is 2. The minimum absolute atomic E-state index is 0.303. The predicted molar refractivity (Wildman–Crippen MR) is 67.9 cm³/mol. The second-order valence-electron chi connectivity index (χ2n) is 4.73. The average molecular weight is 252 g/mol. The fraction of sp³-hybridized carbons (Fsp3) is 0.538. The summed E-state index contributed by atoms with van der Waals surface area (Å²) >= 11 is 0. The van der Waals surface area contributed by atoms with E-state index >= 15 is 0 Å². The minimum Gasteiger partial charge on any atom is -0.466 e. The van der Waals surface area contributed by atoms with Crippen molar-refractivity contribution in [3.05, 3.63) is 23.2 Å². The lowest BCUT2D eigenvalue weighted by Gasteiger charge is -2.07. The summed E-state index contributed by atoms with van der Waals surface area (Å²) in [5, 5.41) is 5.13. The number of furan rings is 1. The first kappa shape index (κ1) is 14.3. The zero-order valence-electron chi connectivity index (χ0n) is 11.3. The Bertz CT molecular complexity index is 435. The van der Waals surface area contributed by atoms with E-state index in [0.29, 0.717) is 19.0 Å². The molecule has 0 atom stereocenters. The summed E-state index contributed by atoms with van der Waals surface area (Å²) in [5.74, 6) is 0.660. The maximum absolute atomic E-state index is 11.5. The van der Waals surface area contributed by atoms with Gasteiger partial charge in [0.15, 0.2) is 0 Å². The van der Waals surface area contributed by atoms with Crippen LogP contribution in [-0.4, -0.2) is 18.4 Å². The van der Waals surface area contributed by atoms with Crippen LogP contribution < -0.4 is 10.6 Å². The molecular weight excluding hydrogens is 232 g/mol. The molecule has 0 saturated heterocycles. The van der Waals surface area contributed by atoms with Gasteiger partial charge in [0.2, 0.25) is 0 Å². The Morgan fingerprint density at radius 1 is 1.22 bits per heavy atom. The molecule has 5 nitrogen and oxygen atoms in total. The van der Waals surface area contributed by atoms with E-state index in [1.54, 1.807) is 0 Å². The predicted octanol–water partition coefficient (Wildman–Crippen LogP) is 1.28. The molecule has 0 radical (unpaired) electrons. The van der Waals surface area contributed by atoms with Gasteiger partial charge in [-0.05, 0) is 25.8 Å². The maximum Gasteiger partial charge on any atom is 0.309 e. The maximum atomic E-state index is 11.5. The van der Waals surface area contributed by atoms with Crippen molar-refractivity contribution >= 4 is 11.8 Å². The van der Waals surface area contributed by atoms with E-state index in [1.807, 2.05) is 33.8 Å². The second kappa shape index (κ2) is 6.23. The zero-order chi connectivity index (χ0) is 13.7. The van der Waals surface area contributed by atoms with Gasteiger partial charge in [-0.2, -0.15) is 0 Å². The van der Waals surface area contributed by atoms with Crippen LogP contribution in [0.4, 0.5) is 0 Å². The first-order valence-electron chi connectivity index (χ1n) is 6.02. The number of hydrogen-bond donors (Lipinski definition) is 2. The van der Waals surface area contributed by atoms with Gasteiger partial charge in [-0.15, -0.1) is 0 Å². The van der Waals surface area contributed by atoms with Gasteiger partial charge in [-0.1, -0.05) is 13.8 Å². The van der Waals surface area contributed by atoms with Crippen molar-refractivity contribution in [2.75, 3.05) is 6.54 Å². The van der Waals surface area contributed by atoms with Gasteiger partial charge in [0.05, 0.1) is 0 Å². The molecule has 0 fully saturated rings. The summed E-state index contributed by atoms with van der Waals surface area (Å²) in [6, 6.07) is 1.85. The molecule has 0 bridgehead atoms. The Morgan fingerprint density at radius 2 is 1.83 bits per heavy atom. The lowest BCUT2D eigenvalue weighted by Crippen LogP contribution is -2.40. The third-order valence-electron chi connectivity index (χ3n) is 2.46. The highest BCUT2D eigenvalue weighted by Crippen LogP contribution is 2.12. The molecule has 0 unspecified atom stereocenters. The minimum atomic E-state index is -0.617. The Hall–Kier alpha value is -1.78. The van der Waals surface area contributed by atoms with Crippen molar-refractivity contribution in [3.63, 3.8) is 0 Å². The van der Waals surface area contributed by atoms with Crippen LogP contribution in [0.3, 0.4) is 0 Å². The van der Waals surface area contributed by atoms with Crippen molar-refractivity contribution in [2.45, 2.75) is 34.2 Å². The summed E-state index contributed by atoms with van der Waals surface area (Å²) in [7, 11) is 0. The molecule has 0 aliphatic rings. The van der Waals surface area contributed by atoms with Crippen LogP contribution in [0.2, 0.25) is 0 Å². The molecule has 2 N–H and O–H groups in total. The van der Waals surface area contributed by atoms with Crippen molar-refractivity contribution in [1.82, 2.24) is 10.6 Å². The average Bonchev–Trinajstić information content (AvgIpc) is 2.61. The molecule has 0 saturated carbocycles. The Kier molecular flexibility index (Phi) is 4.95. The summed E-state index contributed by atoms with van der Waals surface area (Å²) in [6.45, 7) is 8.40. The van der Waals surface area contributed by atoms with Crippen molar-refractivity contribution < 1.29 is 14.0 Å². The molecule has 0 aliphatic heterocycles. The highest BCUT2D eigenvalue weighted by Gasteiger charge is 2.14. The van der Waals surface area contributed by atoms with E-state index < -0.39 is 11.8 Å². The van der Waals surface area contributed by atoms with E-state index in [0.717, 1.165) is 17.1 Å². The number of rotatable bonds is 4. The first-order chi connectivity index (χ1) is 8.40. The van der Waals surface area contributed by atoms with E-state index in [9.17, 15) is 9.59 Å². The molecule has 0 spiro atoms. The number of hydrogen-bond acceptors (Lipinski definition) is 3. The smallest absolute Gasteiger partial charge is 0.309 e. The molecule has 1 aromatic rings. The van der Waals surface area contributed by atoms with Crippen LogP contribution in [0.5, 0.6) is 0 Å². The molecule has 1 heterocycles. The Morgan fingerprint density at radius 3 is 2.33 bits per heavy atom. The third kappa shape index (κ3) is 4.24. The first-order valence-corrected chi connectivity index (χ1v) is 6.02. The van der Waals surface area contributed by atoms with Crippen LogP contribution in [0.25, 0.3) is 0 Å². The van der Waals surface area contributed by atoms with Crippen molar-refractivity contribution in [3.8, 4) is 0 Å². The lowest BCUT2D eigenvalue weighted by atomic mass is 10.2. The quantitative estimate of drug-likeness (QED) is 0.793. The molecular formula is C13H20N2O3. The number of nitrogens with one attached hydrogen (secondary N) is 2. The highest BCUT2D eigenvalue weighted by molar-refractivity contribution is 6.35. The SMILES string of the molecule is Cc1cc(CNC(=O)C(=O)NCC(C)C)c(C)o1. The standard InChI is InChI=1S/C13H20N2O3/c1-8(2)6-14-12(16)13(17)15-7-11-5-9(3)18-10(11)4/h5,8H,6-7H2,1-4H3,(H,14,16)(H,15,17). The van der Waals surface area contributed by atoms with Gasteiger partial charge in [-0.3, -0.25) is 9.59 Å². The van der Waals surface area contributed by atoms with Crippen LogP contribution in [0.15, 0.2) is 10.5 Å². The number of aryl methyl sites for hydroxylation is 2. The lowest BCUT2D eigenvalue weighted by molar-refractivity contribution is -0.139. The summed E-state index contributed by atoms with van der Waals surface area (Å²) in [5.41, 5.74) is 0.887. The van der Waals surface area contributed by atoms with Crippen LogP contribution in [-0.2, 0) is 16.1 Å². The fourth-order valence-corrected chi connectivity index (χ4v) is 1.49. The van der Waals surface area contributed by atoms with Crippen LogP contribution in [0.1, 0.15) is 30.9 Å². The summed E-state index contributed by atoms with van der Waals surface area (Å²) in [6.07, 6.45) is 0. The summed E-state index contributed by atoms with van der Waals surface area (Å²) in [4.78, 5) is 22.9. The van der Waals surface area contributed by atoms with Crippen LogP contribution in [0, 0.1) is 19.8 Å². The van der Waals surface area contributed by atoms with Gasteiger partial charge < -0.3 is 15.1 Å². The van der Waals surface area contributed by atoms with Gasteiger partial charge in [0, 0.05) is 18.7 Å². The normalized spacial score (nSPS) is 10.5. The Labute approximate surface area is 107 Å². The van der Waals surface area contributed by atoms with Crippen molar-refractivity contribution in [1.29, 1.82) is 0 Å². The molecule has 0 aliphatic carbocycles. The van der Waals surface area contributed by atoms with Gasteiger partial charge in [0.1, 0.15) is 11.5 Å². The number of carbonyl (C=O) groups excluding carboxylic acids is 2. The second-order valence-corrected chi connectivity index (χ2v) is 4.73. The topological polar surface area (TPSA) is 71.3 Å². The van der Waals surface area contributed by atoms with E-state index in [4.69, 9.17) is 4.42 Å². The molecule has 100 valence electrons. The van der Waals surface area contributed by atoms with Crippen molar-refractivity contribution in [2.24, 2.45) is 5.92 Å². The van der Waals surface area contributed by atoms with Crippen LogP contribution >= 0.6 is 0 Å². The van der Waals surface area contributed by atoms with Gasteiger partial charge >= 0.3 is 11.8 Å². The zero-order valence-corrected chi connectivity index (χ0v) is 11.3. The van der Waals surface area contributed by atoms with Gasteiger partial charge in [-0.25, -0.2) is 0 Å². The van der Waals surface area contributed by atoms with Gasteiger partial charge in [0.25, 0.3) is 0 Å².